The molecule has 2 aromatic carbocycles. The Hall–Kier alpha value is -2.59. The van der Waals surface area contributed by atoms with E-state index in [4.69, 9.17) is 9.47 Å². The topological polar surface area (TPSA) is 47.6 Å². The molecule has 4 heteroatoms. The van der Waals surface area contributed by atoms with E-state index < -0.39 is 6.09 Å². The first kappa shape index (κ1) is 21.6. The lowest BCUT2D eigenvalue weighted by Gasteiger charge is -2.55. The Labute approximate surface area is 185 Å². The number of hydrogen-bond donors (Lipinski definition) is 1. The van der Waals surface area contributed by atoms with Crippen molar-refractivity contribution in [1.29, 1.82) is 0 Å². The van der Waals surface area contributed by atoms with Crippen molar-refractivity contribution >= 4 is 11.8 Å². The first-order valence-electron chi connectivity index (χ1n) is 11.3. The van der Waals surface area contributed by atoms with E-state index in [1.54, 1.807) is 0 Å². The highest BCUT2D eigenvalue weighted by molar-refractivity contribution is 5.84. The van der Waals surface area contributed by atoms with Gasteiger partial charge < -0.3 is 9.47 Å². The van der Waals surface area contributed by atoms with Crippen molar-refractivity contribution in [3.05, 3.63) is 77.9 Å². The number of hydrogen-bond acceptors (Lipinski definition) is 3. The van der Waals surface area contributed by atoms with E-state index in [1.165, 1.54) is 11.1 Å². The summed E-state index contributed by atoms with van der Waals surface area (Å²) in [6.45, 7) is 7.75. The van der Waals surface area contributed by atoms with Gasteiger partial charge in [0.05, 0.1) is 12.7 Å². The average molecular weight is 420 g/mol. The van der Waals surface area contributed by atoms with E-state index in [9.17, 15) is 4.79 Å². The van der Waals surface area contributed by atoms with Crippen LogP contribution in [-0.4, -0.2) is 25.4 Å². The van der Waals surface area contributed by atoms with Crippen LogP contribution in [0.5, 0.6) is 0 Å². The predicted octanol–water partition coefficient (Wildman–Crippen LogP) is 6.10. The third kappa shape index (κ3) is 4.54. The van der Waals surface area contributed by atoms with Crippen LogP contribution in [0.4, 0.5) is 10.5 Å². The fourth-order valence-corrected chi connectivity index (χ4v) is 5.48. The van der Waals surface area contributed by atoms with E-state index in [0.29, 0.717) is 31.0 Å². The Bertz CT molecular complexity index is 911. The Morgan fingerprint density at radius 1 is 1.10 bits per heavy atom. The fourth-order valence-electron chi connectivity index (χ4n) is 5.48. The summed E-state index contributed by atoms with van der Waals surface area (Å²) >= 11 is 0. The number of ether oxygens (including phenoxy) is 2. The lowest BCUT2D eigenvalue weighted by atomic mass is 9.56. The number of aryl methyl sites for hydroxylation is 1. The second kappa shape index (κ2) is 9.27. The van der Waals surface area contributed by atoms with Crippen molar-refractivity contribution in [2.24, 2.45) is 23.2 Å². The van der Waals surface area contributed by atoms with Gasteiger partial charge in [-0.3, -0.25) is 5.32 Å². The first-order chi connectivity index (χ1) is 15.0. The van der Waals surface area contributed by atoms with E-state index in [0.717, 1.165) is 18.5 Å². The number of anilines is 1. The van der Waals surface area contributed by atoms with Crippen molar-refractivity contribution in [1.82, 2.24) is 0 Å². The zero-order chi connectivity index (χ0) is 21.8. The minimum Gasteiger partial charge on any atom is -0.449 e. The molecule has 5 atom stereocenters. The summed E-state index contributed by atoms with van der Waals surface area (Å²) in [4.78, 5) is 12.4. The highest BCUT2D eigenvalue weighted by Crippen LogP contribution is 2.53. The second-order valence-electron chi connectivity index (χ2n) is 9.19. The molecule has 31 heavy (non-hydrogen) atoms. The molecule has 164 valence electrons. The third-order valence-electron chi connectivity index (χ3n) is 7.41. The summed E-state index contributed by atoms with van der Waals surface area (Å²) in [5.41, 5.74) is 3.30. The maximum Gasteiger partial charge on any atom is 0.411 e. The smallest absolute Gasteiger partial charge is 0.411 e. The molecule has 0 aromatic heterocycles. The molecule has 4 nitrogen and oxygen atoms in total. The number of nitrogens with one attached hydrogen (secondary N) is 1. The summed E-state index contributed by atoms with van der Waals surface area (Å²) < 4.78 is 12.2. The van der Waals surface area contributed by atoms with E-state index >= 15 is 0 Å². The largest absolute Gasteiger partial charge is 0.449 e. The van der Waals surface area contributed by atoms with E-state index in [1.807, 2.05) is 30.3 Å². The molecule has 1 heterocycles. The van der Waals surface area contributed by atoms with Crippen LogP contribution < -0.4 is 5.32 Å². The molecule has 0 radical (unpaired) electrons. The molecule has 1 amide bonds. The van der Waals surface area contributed by atoms with Gasteiger partial charge in [0, 0.05) is 17.0 Å². The van der Waals surface area contributed by atoms with Crippen molar-refractivity contribution in [3.63, 3.8) is 0 Å². The van der Waals surface area contributed by atoms with Gasteiger partial charge in [0.25, 0.3) is 0 Å². The molecule has 2 bridgehead atoms. The molecular formula is C27H33NO3. The Morgan fingerprint density at radius 3 is 2.48 bits per heavy atom. The van der Waals surface area contributed by atoms with Crippen LogP contribution in [0.15, 0.2) is 72.3 Å². The van der Waals surface area contributed by atoms with Gasteiger partial charge in [-0.1, -0.05) is 74.0 Å². The monoisotopic (exact) mass is 419 g/mol. The SMILES string of the molecule is CC1=C[C@H](C)[C@]2(COC(=O)Nc3ccccc3)CO[C@H](CCc3ccccc3)[C@H]1[C@H]2C. The molecule has 2 aromatic rings. The standard InChI is InChI=1S/C27H33NO3/c1-19-16-20(2)27(18-31-26(29)28-23-12-8-5-9-13-23)17-30-24(25(19)21(27)3)15-14-22-10-6-4-7-11-22/h4-13,16,20-21,24-25H,14-15,17-18H2,1-3H3,(H,28,29)/t20-,21+,24+,25+,27+/m0/s1. The van der Waals surface area contributed by atoms with Crippen LogP contribution in [-0.2, 0) is 15.9 Å². The van der Waals surface area contributed by atoms with Gasteiger partial charge in [0.15, 0.2) is 0 Å². The number of carbonyl (C=O) groups is 1. The summed E-state index contributed by atoms with van der Waals surface area (Å²) in [6, 6.07) is 20.0. The number of para-hydroxylation sites is 1. The molecule has 0 saturated carbocycles. The molecule has 1 aliphatic carbocycles. The van der Waals surface area contributed by atoms with Gasteiger partial charge in [-0.15, -0.1) is 0 Å². The predicted molar refractivity (Wildman–Crippen MR) is 124 cm³/mol. The van der Waals surface area contributed by atoms with Crippen LogP contribution >= 0.6 is 0 Å². The Balaban J connectivity index is 1.43. The average Bonchev–Trinajstić information content (AvgIpc) is 2.77. The second-order valence-corrected chi connectivity index (χ2v) is 9.19. The molecule has 1 N–H and O–H groups in total. The number of amides is 1. The lowest BCUT2D eigenvalue weighted by Crippen LogP contribution is -2.57. The van der Waals surface area contributed by atoms with Crippen LogP contribution in [0.2, 0.25) is 0 Å². The molecule has 0 unspecified atom stereocenters. The van der Waals surface area contributed by atoms with E-state index in [2.05, 4.69) is 62.5 Å². The number of carbonyl (C=O) groups excluding carboxylic acids is 1. The molecule has 0 spiro atoms. The molecule has 2 aliphatic rings. The number of benzene rings is 2. The lowest BCUT2D eigenvalue weighted by molar-refractivity contribution is -0.164. The number of rotatable bonds is 6. The van der Waals surface area contributed by atoms with Crippen molar-refractivity contribution < 1.29 is 14.3 Å². The quantitative estimate of drug-likeness (QED) is 0.575. The molecular weight excluding hydrogens is 386 g/mol. The summed E-state index contributed by atoms with van der Waals surface area (Å²) in [5.74, 6) is 1.03. The first-order valence-corrected chi connectivity index (χ1v) is 11.3. The zero-order valence-corrected chi connectivity index (χ0v) is 18.7. The summed E-state index contributed by atoms with van der Waals surface area (Å²) in [5, 5.41) is 2.82. The minimum absolute atomic E-state index is 0.193. The Morgan fingerprint density at radius 2 is 1.77 bits per heavy atom. The van der Waals surface area contributed by atoms with Crippen molar-refractivity contribution in [2.45, 2.75) is 39.7 Å². The van der Waals surface area contributed by atoms with Gasteiger partial charge in [0.2, 0.25) is 0 Å². The van der Waals surface area contributed by atoms with Gasteiger partial charge in [-0.05, 0) is 49.3 Å². The summed E-state index contributed by atoms with van der Waals surface area (Å²) in [7, 11) is 0. The van der Waals surface area contributed by atoms with Crippen LogP contribution in [0.25, 0.3) is 0 Å². The van der Waals surface area contributed by atoms with Gasteiger partial charge in [-0.25, -0.2) is 4.79 Å². The molecule has 1 aliphatic heterocycles. The number of allylic oxidation sites excluding steroid dienone is 1. The van der Waals surface area contributed by atoms with Gasteiger partial charge in [-0.2, -0.15) is 0 Å². The van der Waals surface area contributed by atoms with Crippen molar-refractivity contribution in [2.75, 3.05) is 18.5 Å². The minimum atomic E-state index is -0.408. The van der Waals surface area contributed by atoms with Gasteiger partial charge >= 0.3 is 6.09 Å². The molecule has 1 fully saturated rings. The summed E-state index contributed by atoms with van der Waals surface area (Å²) in [6.07, 6.45) is 4.19. The maximum atomic E-state index is 12.4. The highest BCUT2D eigenvalue weighted by atomic mass is 16.6. The number of fused-ring (bicyclic) bond motifs is 2. The fraction of sp³-hybridized carbons (Fsp3) is 0.444. The van der Waals surface area contributed by atoms with Crippen LogP contribution in [0, 0.1) is 23.2 Å². The highest BCUT2D eigenvalue weighted by Gasteiger charge is 2.54. The molecule has 1 saturated heterocycles. The van der Waals surface area contributed by atoms with Crippen molar-refractivity contribution in [3.8, 4) is 0 Å². The normalized spacial score (nSPS) is 29.7. The maximum absolute atomic E-state index is 12.4. The Kier molecular flexibility index (Phi) is 6.47. The van der Waals surface area contributed by atoms with Gasteiger partial charge in [0.1, 0.15) is 6.61 Å². The van der Waals surface area contributed by atoms with Crippen LogP contribution in [0.3, 0.4) is 0 Å². The molecule has 4 rings (SSSR count). The van der Waals surface area contributed by atoms with Crippen LogP contribution in [0.1, 0.15) is 32.8 Å². The third-order valence-corrected chi connectivity index (χ3v) is 7.41. The zero-order valence-electron chi connectivity index (χ0n) is 18.7. The van der Waals surface area contributed by atoms with E-state index in [-0.39, 0.29) is 11.5 Å².